The Morgan fingerprint density at radius 3 is 2.91 bits per heavy atom. The molecule has 1 aromatic rings. The van der Waals surface area contributed by atoms with Crippen molar-refractivity contribution in [3.63, 3.8) is 0 Å². The van der Waals surface area contributed by atoms with E-state index in [2.05, 4.69) is 10.6 Å². The SMILES string of the molecule is NC(=O)C[C@@H](NC(=O)CCC1CCNC1)c1cccc(Cl)c1. The fourth-order valence-corrected chi connectivity index (χ4v) is 2.94. The molecule has 1 unspecified atom stereocenters. The van der Waals surface area contributed by atoms with Crippen LogP contribution in [0.25, 0.3) is 0 Å². The number of carbonyl (C=O) groups is 2. The quantitative estimate of drug-likeness (QED) is 0.715. The van der Waals surface area contributed by atoms with E-state index in [0.29, 0.717) is 17.4 Å². The minimum Gasteiger partial charge on any atom is -0.370 e. The fourth-order valence-electron chi connectivity index (χ4n) is 2.74. The molecule has 2 rings (SSSR count). The molecule has 0 saturated carbocycles. The van der Waals surface area contributed by atoms with Gasteiger partial charge in [0.15, 0.2) is 0 Å². The number of carbonyl (C=O) groups excluding carboxylic acids is 2. The molecule has 1 aromatic carbocycles. The highest BCUT2D eigenvalue weighted by molar-refractivity contribution is 6.30. The second-order valence-electron chi connectivity index (χ2n) is 5.74. The van der Waals surface area contributed by atoms with E-state index in [0.717, 1.165) is 31.5 Å². The van der Waals surface area contributed by atoms with Gasteiger partial charge in [0, 0.05) is 11.4 Å². The van der Waals surface area contributed by atoms with Gasteiger partial charge >= 0.3 is 0 Å². The molecule has 0 aromatic heterocycles. The van der Waals surface area contributed by atoms with Crippen LogP contribution in [0.15, 0.2) is 24.3 Å². The highest BCUT2D eigenvalue weighted by atomic mass is 35.5. The molecule has 0 spiro atoms. The molecule has 22 heavy (non-hydrogen) atoms. The summed E-state index contributed by atoms with van der Waals surface area (Å²) in [7, 11) is 0. The summed E-state index contributed by atoms with van der Waals surface area (Å²) in [5, 5.41) is 6.75. The summed E-state index contributed by atoms with van der Waals surface area (Å²) in [5.74, 6) is 0.0508. The first-order valence-corrected chi connectivity index (χ1v) is 7.96. The summed E-state index contributed by atoms with van der Waals surface area (Å²) >= 11 is 5.97. The number of primary amides is 1. The van der Waals surface area contributed by atoms with Crippen LogP contribution in [0.2, 0.25) is 5.02 Å². The van der Waals surface area contributed by atoms with Crippen LogP contribution < -0.4 is 16.4 Å². The number of amides is 2. The number of halogens is 1. The van der Waals surface area contributed by atoms with E-state index >= 15 is 0 Å². The van der Waals surface area contributed by atoms with Crippen LogP contribution in [-0.4, -0.2) is 24.9 Å². The van der Waals surface area contributed by atoms with Gasteiger partial charge in [-0.2, -0.15) is 0 Å². The Bertz CT molecular complexity index is 530. The van der Waals surface area contributed by atoms with Crippen molar-refractivity contribution in [1.82, 2.24) is 10.6 Å². The summed E-state index contributed by atoms with van der Waals surface area (Å²) in [6.07, 6.45) is 2.50. The number of hydrogen-bond acceptors (Lipinski definition) is 3. The van der Waals surface area contributed by atoms with E-state index < -0.39 is 11.9 Å². The zero-order valence-corrected chi connectivity index (χ0v) is 13.2. The summed E-state index contributed by atoms with van der Waals surface area (Å²) < 4.78 is 0. The second-order valence-corrected chi connectivity index (χ2v) is 6.18. The van der Waals surface area contributed by atoms with Gasteiger partial charge < -0.3 is 16.4 Å². The van der Waals surface area contributed by atoms with Crippen LogP contribution >= 0.6 is 11.6 Å². The van der Waals surface area contributed by atoms with Crippen molar-refractivity contribution in [2.45, 2.75) is 31.7 Å². The lowest BCUT2D eigenvalue weighted by molar-refractivity contribution is -0.122. The molecule has 2 amide bonds. The van der Waals surface area contributed by atoms with Crippen LogP contribution in [0.3, 0.4) is 0 Å². The Hall–Kier alpha value is -1.59. The van der Waals surface area contributed by atoms with Gasteiger partial charge in [-0.15, -0.1) is 0 Å². The molecule has 120 valence electrons. The third kappa shape index (κ3) is 5.31. The molecule has 1 fully saturated rings. The first-order chi connectivity index (χ1) is 10.5. The largest absolute Gasteiger partial charge is 0.370 e. The molecule has 0 aliphatic carbocycles. The third-order valence-electron chi connectivity index (χ3n) is 3.93. The average Bonchev–Trinajstić information content (AvgIpc) is 2.97. The third-order valence-corrected chi connectivity index (χ3v) is 4.17. The van der Waals surface area contributed by atoms with E-state index in [1.54, 1.807) is 18.2 Å². The maximum absolute atomic E-state index is 12.1. The van der Waals surface area contributed by atoms with Gasteiger partial charge in [-0.1, -0.05) is 23.7 Å². The number of rotatable bonds is 7. The normalized spacial score (nSPS) is 18.9. The Labute approximate surface area is 135 Å². The second kappa shape index (κ2) is 8.15. The predicted octanol–water partition coefficient (Wildman–Crippen LogP) is 1.76. The molecule has 0 radical (unpaired) electrons. The van der Waals surface area contributed by atoms with Crippen LogP contribution in [0.1, 0.15) is 37.3 Å². The van der Waals surface area contributed by atoms with Gasteiger partial charge in [0.05, 0.1) is 12.5 Å². The standard InChI is InChI=1S/C16H22ClN3O2/c17-13-3-1-2-12(8-13)14(9-15(18)21)20-16(22)5-4-11-6-7-19-10-11/h1-3,8,11,14,19H,4-7,9-10H2,(H2,18,21)(H,20,22)/t11?,14-/m1/s1. The molecular weight excluding hydrogens is 302 g/mol. The lowest BCUT2D eigenvalue weighted by Crippen LogP contribution is -2.32. The van der Waals surface area contributed by atoms with E-state index in [1.165, 1.54) is 0 Å². The minimum absolute atomic E-state index is 0.0573. The van der Waals surface area contributed by atoms with E-state index in [9.17, 15) is 9.59 Å². The minimum atomic E-state index is -0.453. The zero-order valence-electron chi connectivity index (χ0n) is 12.5. The van der Waals surface area contributed by atoms with Gasteiger partial charge in [-0.05, 0) is 49.5 Å². The predicted molar refractivity (Wildman–Crippen MR) is 86.4 cm³/mol. The van der Waals surface area contributed by atoms with Crippen LogP contribution in [0.5, 0.6) is 0 Å². The topological polar surface area (TPSA) is 84.2 Å². The average molecular weight is 324 g/mol. The van der Waals surface area contributed by atoms with E-state index in [-0.39, 0.29) is 12.3 Å². The summed E-state index contributed by atoms with van der Waals surface area (Å²) in [4.78, 5) is 23.4. The maximum Gasteiger partial charge on any atom is 0.220 e. The lowest BCUT2D eigenvalue weighted by atomic mass is 10.0. The van der Waals surface area contributed by atoms with E-state index in [1.807, 2.05) is 6.07 Å². The van der Waals surface area contributed by atoms with Crippen molar-refractivity contribution in [3.8, 4) is 0 Å². The highest BCUT2D eigenvalue weighted by Gasteiger charge is 2.19. The fraction of sp³-hybridized carbons (Fsp3) is 0.500. The summed E-state index contributed by atoms with van der Waals surface area (Å²) in [5.41, 5.74) is 6.08. The molecule has 0 bridgehead atoms. The monoisotopic (exact) mass is 323 g/mol. The number of hydrogen-bond donors (Lipinski definition) is 3. The first kappa shape index (κ1) is 16.8. The van der Waals surface area contributed by atoms with Gasteiger partial charge in [0.1, 0.15) is 0 Å². The first-order valence-electron chi connectivity index (χ1n) is 7.58. The van der Waals surface area contributed by atoms with Gasteiger partial charge in [0.2, 0.25) is 11.8 Å². The molecule has 1 aliphatic heterocycles. The molecule has 1 saturated heterocycles. The molecule has 4 N–H and O–H groups in total. The molecule has 1 heterocycles. The molecule has 5 nitrogen and oxygen atoms in total. The van der Waals surface area contributed by atoms with Crippen molar-refractivity contribution in [2.75, 3.05) is 13.1 Å². The highest BCUT2D eigenvalue weighted by Crippen LogP contribution is 2.21. The van der Waals surface area contributed by atoms with Crippen molar-refractivity contribution < 1.29 is 9.59 Å². The van der Waals surface area contributed by atoms with Gasteiger partial charge in [-0.25, -0.2) is 0 Å². The van der Waals surface area contributed by atoms with Crippen molar-refractivity contribution in [2.24, 2.45) is 11.7 Å². The van der Waals surface area contributed by atoms with Crippen LogP contribution in [0, 0.1) is 5.92 Å². The van der Waals surface area contributed by atoms with Crippen LogP contribution in [-0.2, 0) is 9.59 Å². The van der Waals surface area contributed by atoms with Crippen molar-refractivity contribution >= 4 is 23.4 Å². The zero-order chi connectivity index (χ0) is 15.9. The Morgan fingerprint density at radius 1 is 1.45 bits per heavy atom. The Morgan fingerprint density at radius 2 is 2.27 bits per heavy atom. The van der Waals surface area contributed by atoms with Gasteiger partial charge in [0.25, 0.3) is 0 Å². The maximum atomic E-state index is 12.1. The number of nitrogens with two attached hydrogens (primary N) is 1. The lowest BCUT2D eigenvalue weighted by Gasteiger charge is -2.18. The number of nitrogens with one attached hydrogen (secondary N) is 2. The van der Waals surface area contributed by atoms with E-state index in [4.69, 9.17) is 17.3 Å². The van der Waals surface area contributed by atoms with Crippen molar-refractivity contribution in [1.29, 1.82) is 0 Å². The molecule has 6 heteroatoms. The smallest absolute Gasteiger partial charge is 0.220 e. The number of benzene rings is 1. The Kier molecular flexibility index (Phi) is 6.21. The summed E-state index contributed by atoms with van der Waals surface area (Å²) in [6.45, 7) is 2.01. The van der Waals surface area contributed by atoms with Crippen molar-refractivity contribution in [3.05, 3.63) is 34.9 Å². The molecular formula is C16H22ClN3O2. The van der Waals surface area contributed by atoms with Crippen LogP contribution in [0.4, 0.5) is 0 Å². The van der Waals surface area contributed by atoms with Gasteiger partial charge in [-0.3, -0.25) is 9.59 Å². The Balaban J connectivity index is 1.93. The molecule has 2 atom stereocenters. The molecule has 1 aliphatic rings. The summed E-state index contributed by atoms with van der Waals surface area (Å²) in [6, 6.07) is 6.70.